The van der Waals surface area contributed by atoms with Gasteiger partial charge in [0.05, 0.1) is 19.6 Å². The molecule has 1 aliphatic heterocycles. The largest absolute Gasteiger partial charge is 0.490 e. The number of fused-ring (bicyclic) bond motifs is 2. The number of hydrogen-bond donors (Lipinski definition) is 1. The summed E-state index contributed by atoms with van der Waals surface area (Å²) in [5, 5.41) is 2.74. The number of hydrogen-bond acceptors (Lipinski definition) is 6. The molecule has 0 saturated heterocycles. The minimum absolute atomic E-state index is 0.00901. The molecular formula is C24H25NO6. The molecule has 0 unspecified atom stereocenters. The molecule has 2 aromatic rings. The number of amides is 1. The van der Waals surface area contributed by atoms with E-state index in [1.165, 1.54) is 11.1 Å². The molecule has 0 saturated carbocycles. The number of Topliss-reactive ketones (excluding diaryl/α,β-unsaturated/α-hetero) is 1. The molecule has 2 aromatic carbocycles. The van der Waals surface area contributed by atoms with E-state index in [1.807, 2.05) is 18.2 Å². The number of carbonyl (C=O) groups excluding carboxylic acids is 3. The maximum Gasteiger partial charge on any atom is 0.306 e. The standard InChI is InChI=1S/C24H25NO6/c26-20(18-6-9-21-22(14-18)30-12-2-11-29-21)8-10-24(28)31-15-23(27)25-19-7-5-16-3-1-4-17(16)13-19/h5-7,9,13-14H,1-4,8,10-12,15H2,(H,25,27). The van der Waals surface area contributed by atoms with E-state index in [0.29, 0.717) is 36.0 Å². The van der Waals surface area contributed by atoms with Gasteiger partial charge < -0.3 is 19.5 Å². The molecule has 7 nitrogen and oxygen atoms in total. The van der Waals surface area contributed by atoms with Crippen LogP contribution in [0.5, 0.6) is 11.5 Å². The van der Waals surface area contributed by atoms with Gasteiger partial charge in [0.1, 0.15) is 0 Å². The lowest BCUT2D eigenvalue weighted by Crippen LogP contribution is -2.21. The monoisotopic (exact) mass is 423 g/mol. The SMILES string of the molecule is O=C(COC(=O)CCC(=O)c1ccc2c(c1)OCCCO2)Nc1ccc2c(c1)CCC2. The number of carbonyl (C=O) groups is 3. The topological polar surface area (TPSA) is 90.9 Å². The molecule has 31 heavy (non-hydrogen) atoms. The summed E-state index contributed by atoms with van der Waals surface area (Å²) in [7, 11) is 0. The average molecular weight is 423 g/mol. The predicted octanol–water partition coefficient (Wildman–Crippen LogP) is 3.48. The zero-order chi connectivity index (χ0) is 21.6. The Morgan fingerprint density at radius 2 is 1.68 bits per heavy atom. The van der Waals surface area contributed by atoms with Crippen LogP contribution in [0.2, 0.25) is 0 Å². The first kappa shape index (κ1) is 20.9. The first-order chi connectivity index (χ1) is 15.1. The van der Waals surface area contributed by atoms with Crippen LogP contribution in [0.3, 0.4) is 0 Å². The van der Waals surface area contributed by atoms with Crippen molar-refractivity contribution in [2.45, 2.75) is 38.5 Å². The second-order valence-corrected chi connectivity index (χ2v) is 7.68. The molecular weight excluding hydrogens is 398 g/mol. The number of rotatable bonds is 7. The molecule has 0 spiro atoms. The molecule has 1 N–H and O–H groups in total. The number of benzene rings is 2. The molecule has 1 heterocycles. The predicted molar refractivity (Wildman–Crippen MR) is 114 cm³/mol. The minimum Gasteiger partial charge on any atom is -0.490 e. The molecule has 0 atom stereocenters. The van der Waals surface area contributed by atoms with Gasteiger partial charge in [-0.05, 0) is 60.7 Å². The van der Waals surface area contributed by atoms with Gasteiger partial charge in [0.15, 0.2) is 23.9 Å². The van der Waals surface area contributed by atoms with Gasteiger partial charge in [0.25, 0.3) is 5.91 Å². The summed E-state index contributed by atoms with van der Waals surface area (Å²) in [5.74, 6) is -0.0421. The summed E-state index contributed by atoms with van der Waals surface area (Å²) >= 11 is 0. The Hall–Kier alpha value is -3.35. The van der Waals surface area contributed by atoms with Gasteiger partial charge in [0.2, 0.25) is 0 Å². The van der Waals surface area contributed by atoms with Crippen LogP contribution in [0.1, 0.15) is 47.2 Å². The van der Waals surface area contributed by atoms with Crippen LogP contribution in [-0.4, -0.2) is 37.5 Å². The maximum atomic E-state index is 12.4. The summed E-state index contributed by atoms with van der Waals surface area (Å²) in [6.07, 6.45) is 3.90. The third-order valence-electron chi connectivity index (χ3n) is 5.37. The van der Waals surface area contributed by atoms with E-state index in [0.717, 1.165) is 25.7 Å². The number of esters is 1. The summed E-state index contributed by atoms with van der Waals surface area (Å²) in [4.78, 5) is 36.4. The molecule has 0 bridgehead atoms. The van der Waals surface area contributed by atoms with Crippen molar-refractivity contribution in [3.8, 4) is 11.5 Å². The van der Waals surface area contributed by atoms with Crippen molar-refractivity contribution in [3.05, 3.63) is 53.1 Å². The Labute approximate surface area is 180 Å². The fourth-order valence-corrected chi connectivity index (χ4v) is 3.76. The number of nitrogens with one attached hydrogen (secondary N) is 1. The van der Waals surface area contributed by atoms with Crippen LogP contribution in [0.15, 0.2) is 36.4 Å². The third-order valence-corrected chi connectivity index (χ3v) is 5.37. The highest BCUT2D eigenvalue weighted by atomic mass is 16.5. The lowest BCUT2D eigenvalue weighted by molar-refractivity contribution is -0.147. The highest BCUT2D eigenvalue weighted by Gasteiger charge is 2.17. The molecule has 162 valence electrons. The number of ether oxygens (including phenoxy) is 3. The van der Waals surface area contributed by atoms with Crippen molar-refractivity contribution >= 4 is 23.3 Å². The highest BCUT2D eigenvalue weighted by molar-refractivity contribution is 5.98. The third kappa shape index (κ3) is 5.42. The van der Waals surface area contributed by atoms with E-state index in [1.54, 1.807) is 18.2 Å². The summed E-state index contributed by atoms with van der Waals surface area (Å²) in [6.45, 7) is 0.727. The minimum atomic E-state index is -0.591. The molecule has 4 rings (SSSR count). The Morgan fingerprint density at radius 1 is 0.871 bits per heavy atom. The Balaban J connectivity index is 1.21. The van der Waals surface area contributed by atoms with Gasteiger partial charge in [0, 0.05) is 24.1 Å². The zero-order valence-electron chi connectivity index (χ0n) is 17.3. The van der Waals surface area contributed by atoms with Crippen LogP contribution < -0.4 is 14.8 Å². The van der Waals surface area contributed by atoms with Crippen molar-refractivity contribution in [3.63, 3.8) is 0 Å². The quantitative estimate of drug-likeness (QED) is 0.542. The van der Waals surface area contributed by atoms with Gasteiger partial charge in [-0.25, -0.2) is 0 Å². The Kier molecular flexibility index (Phi) is 6.50. The van der Waals surface area contributed by atoms with Gasteiger partial charge in [-0.3, -0.25) is 14.4 Å². The van der Waals surface area contributed by atoms with E-state index in [2.05, 4.69) is 5.32 Å². The average Bonchev–Trinajstić information content (AvgIpc) is 3.11. The lowest BCUT2D eigenvalue weighted by Gasteiger charge is -2.09. The Bertz CT molecular complexity index is 1000. The smallest absolute Gasteiger partial charge is 0.306 e. The van der Waals surface area contributed by atoms with Crippen molar-refractivity contribution < 1.29 is 28.6 Å². The highest BCUT2D eigenvalue weighted by Crippen LogP contribution is 2.31. The molecule has 7 heteroatoms. The normalized spacial score (nSPS) is 14.3. The fourth-order valence-electron chi connectivity index (χ4n) is 3.76. The van der Waals surface area contributed by atoms with Crippen molar-refractivity contribution in [1.82, 2.24) is 0 Å². The zero-order valence-corrected chi connectivity index (χ0v) is 17.3. The van der Waals surface area contributed by atoms with Crippen LogP contribution in [0.4, 0.5) is 5.69 Å². The molecule has 0 aromatic heterocycles. The molecule has 0 fully saturated rings. The van der Waals surface area contributed by atoms with Crippen molar-refractivity contribution in [2.24, 2.45) is 0 Å². The van der Waals surface area contributed by atoms with Crippen LogP contribution in [0, 0.1) is 0 Å². The number of ketones is 1. The summed E-state index contributed by atoms with van der Waals surface area (Å²) in [6, 6.07) is 10.8. The number of aryl methyl sites for hydroxylation is 2. The van der Waals surface area contributed by atoms with Crippen molar-refractivity contribution in [2.75, 3.05) is 25.1 Å². The van der Waals surface area contributed by atoms with Crippen LogP contribution >= 0.6 is 0 Å². The summed E-state index contributed by atoms with van der Waals surface area (Å²) < 4.78 is 16.2. The fraction of sp³-hybridized carbons (Fsp3) is 0.375. The van der Waals surface area contributed by atoms with Crippen LogP contribution in [0.25, 0.3) is 0 Å². The first-order valence-corrected chi connectivity index (χ1v) is 10.6. The summed E-state index contributed by atoms with van der Waals surface area (Å²) in [5.41, 5.74) is 3.73. The molecule has 0 radical (unpaired) electrons. The first-order valence-electron chi connectivity index (χ1n) is 10.6. The lowest BCUT2D eigenvalue weighted by atomic mass is 10.1. The van der Waals surface area contributed by atoms with E-state index < -0.39 is 11.9 Å². The van der Waals surface area contributed by atoms with E-state index in [-0.39, 0.29) is 25.2 Å². The van der Waals surface area contributed by atoms with Crippen molar-refractivity contribution in [1.29, 1.82) is 0 Å². The molecule has 1 aliphatic carbocycles. The molecule has 2 aliphatic rings. The Morgan fingerprint density at radius 3 is 2.55 bits per heavy atom. The van der Waals surface area contributed by atoms with Gasteiger partial charge in [-0.15, -0.1) is 0 Å². The van der Waals surface area contributed by atoms with Gasteiger partial charge in [-0.2, -0.15) is 0 Å². The molecule has 1 amide bonds. The van der Waals surface area contributed by atoms with Gasteiger partial charge in [-0.1, -0.05) is 6.07 Å². The van der Waals surface area contributed by atoms with E-state index in [9.17, 15) is 14.4 Å². The second-order valence-electron chi connectivity index (χ2n) is 7.68. The maximum absolute atomic E-state index is 12.4. The number of anilines is 1. The van der Waals surface area contributed by atoms with Gasteiger partial charge >= 0.3 is 5.97 Å². The van der Waals surface area contributed by atoms with E-state index >= 15 is 0 Å². The second kappa shape index (κ2) is 9.64. The van der Waals surface area contributed by atoms with E-state index in [4.69, 9.17) is 14.2 Å². The van der Waals surface area contributed by atoms with Crippen LogP contribution in [-0.2, 0) is 27.2 Å².